The van der Waals surface area contributed by atoms with Gasteiger partial charge >= 0.3 is 0 Å². The summed E-state index contributed by atoms with van der Waals surface area (Å²) in [5, 5.41) is 10.8. The van der Waals surface area contributed by atoms with E-state index in [0.29, 0.717) is 29.8 Å². The molecule has 2 heteroatoms. The second-order valence-electron chi connectivity index (χ2n) is 9.68. The summed E-state index contributed by atoms with van der Waals surface area (Å²) in [6.45, 7) is 11.1. The number of phenols is 1. The van der Waals surface area contributed by atoms with Gasteiger partial charge in [-0.3, -0.25) is 4.79 Å². The number of phenolic OH excluding ortho intramolecular Hbond substituents is 1. The second kappa shape index (κ2) is 4.65. The van der Waals surface area contributed by atoms with Crippen LogP contribution in [0.5, 0.6) is 5.75 Å². The minimum Gasteiger partial charge on any atom is -0.507 e. The third kappa shape index (κ3) is 1.75. The van der Waals surface area contributed by atoms with Crippen molar-refractivity contribution in [1.29, 1.82) is 0 Å². The summed E-state index contributed by atoms with van der Waals surface area (Å²) in [6.07, 6.45) is 4.95. The van der Waals surface area contributed by atoms with Gasteiger partial charge in [0.2, 0.25) is 0 Å². The van der Waals surface area contributed by atoms with E-state index in [0.717, 1.165) is 31.2 Å². The van der Waals surface area contributed by atoms with Gasteiger partial charge in [0.15, 0.2) is 0 Å². The van der Waals surface area contributed by atoms with Crippen molar-refractivity contribution in [3.63, 3.8) is 0 Å². The number of benzene rings is 1. The first-order valence-electron chi connectivity index (χ1n) is 9.47. The van der Waals surface area contributed by atoms with Crippen molar-refractivity contribution in [2.75, 3.05) is 0 Å². The predicted octanol–water partition coefficient (Wildman–Crippen LogP) is 4.94. The molecule has 2 fully saturated rings. The van der Waals surface area contributed by atoms with Gasteiger partial charge in [-0.05, 0) is 61.0 Å². The number of hydrogen-bond donors (Lipinski definition) is 1. The van der Waals surface area contributed by atoms with Crippen molar-refractivity contribution in [2.45, 2.75) is 72.1 Å². The van der Waals surface area contributed by atoms with Crippen LogP contribution in [0.15, 0.2) is 12.1 Å². The first-order valence-corrected chi connectivity index (χ1v) is 9.47. The molecule has 24 heavy (non-hydrogen) atoms. The molecule has 0 saturated heterocycles. The van der Waals surface area contributed by atoms with Crippen LogP contribution in [0.2, 0.25) is 0 Å². The van der Waals surface area contributed by atoms with Gasteiger partial charge in [0.05, 0.1) is 0 Å². The van der Waals surface area contributed by atoms with Gasteiger partial charge in [-0.1, -0.05) is 39.8 Å². The number of ketones is 1. The molecular weight excluding hydrogens is 296 g/mol. The van der Waals surface area contributed by atoms with Crippen molar-refractivity contribution in [3.05, 3.63) is 28.8 Å². The van der Waals surface area contributed by atoms with Gasteiger partial charge in [0.1, 0.15) is 11.5 Å². The van der Waals surface area contributed by atoms with E-state index in [2.05, 4.69) is 39.8 Å². The lowest BCUT2D eigenvalue weighted by molar-refractivity contribution is -0.151. The molecule has 0 aliphatic heterocycles. The maximum absolute atomic E-state index is 12.6. The second-order valence-corrected chi connectivity index (χ2v) is 9.68. The molecule has 4 atom stereocenters. The fourth-order valence-corrected chi connectivity index (χ4v) is 6.87. The Hall–Kier alpha value is -1.31. The average Bonchev–Trinajstić information content (AvgIpc) is 2.82. The van der Waals surface area contributed by atoms with E-state index in [-0.39, 0.29) is 16.2 Å². The highest BCUT2D eigenvalue weighted by atomic mass is 16.3. The molecule has 1 aromatic carbocycles. The Kier molecular flexibility index (Phi) is 3.13. The Morgan fingerprint density at radius 3 is 2.50 bits per heavy atom. The number of carbonyl (C=O) groups excluding carboxylic acids is 1. The molecule has 4 rings (SSSR count). The van der Waals surface area contributed by atoms with Crippen LogP contribution in [-0.4, -0.2) is 10.9 Å². The van der Waals surface area contributed by atoms with Gasteiger partial charge in [0.25, 0.3) is 0 Å². The smallest absolute Gasteiger partial charge is 0.138 e. The Bertz CT molecular complexity index is 732. The fourth-order valence-electron chi connectivity index (χ4n) is 6.87. The van der Waals surface area contributed by atoms with E-state index in [1.807, 2.05) is 6.92 Å². The van der Waals surface area contributed by atoms with Crippen LogP contribution in [0.3, 0.4) is 0 Å². The van der Waals surface area contributed by atoms with Crippen molar-refractivity contribution in [1.82, 2.24) is 0 Å². The zero-order valence-electron chi connectivity index (χ0n) is 15.7. The molecule has 0 amide bonds. The summed E-state index contributed by atoms with van der Waals surface area (Å²) < 4.78 is 0. The summed E-state index contributed by atoms with van der Waals surface area (Å²) in [7, 11) is 0. The molecule has 130 valence electrons. The van der Waals surface area contributed by atoms with Crippen LogP contribution in [-0.2, 0) is 16.6 Å². The summed E-state index contributed by atoms with van der Waals surface area (Å²) >= 11 is 0. The molecular formula is C22H30O2. The zero-order valence-corrected chi connectivity index (χ0v) is 15.7. The number of hydrogen-bond acceptors (Lipinski definition) is 2. The van der Waals surface area contributed by atoms with Crippen LogP contribution in [0.25, 0.3) is 0 Å². The predicted molar refractivity (Wildman–Crippen MR) is 96.2 cm³/mol. The number of Topliss-reactive ketones (excluding diaryl/α,β-unsaturated/α-hetero) is 1. The number of aromatic hydroxyl groups is 1. The summed E-state index contributed by atoms with van der Waals surface area (Å²) in [5.41, 5.74) is 3.56. The lowest BCUT2D eigenvalue weighted by Gasteiger charge is -2.60. The van der Waals surface area contributed by atoms with Crippen molar-refractivity contribution >= 4 is 5.78 Å². The molecule has 0 radical (unpaired) electrons. The Labute approximate surface area is 145 Å². The molecule has 3 aliphatic rings. The van der Waals surface area contributed by atoms with Gasteiger partial charge in [-0.2, -0.15) is 0 Å². The maximum Gasteiger partial charge on any atom is 0.138 e. The third-order valence-electron chi connectivity index (χ3n) is 8.26. The zero-order chi connectivity index (χ0) is 17.5. The molecule has 0 bridgehead atoms. The van der Waals surface area contributed by atoms with Crippen LogP contribution >= 0.6 is 0 Å². The van der Waals surface area contributed by atoms with Crippen molar-refractivity contribution in [2.24, 2.45) is 22.7 Å². The highest BCUT2D eigenvalue weighted by molar-refractivity contribution is 5.85. The normalized spacial score (nSPS) is 40.0. The van der Waals surface area contributed by atoms with Crippen LogP contribution in [0.1, 0.15) is 70.1 Å². The SMILES string of the molecule is Cc1ccc2c(c1O)[C@@]1(C)CC[C@H]3C(C)(C)C(=O)CC[C@]3(C)[C@H]1C2. The number of carbonyl (C=O) groups is 1. The molecule has 1 aromatic rings. The Morgan fingerprint density at radius 1 is 1.08 bits per heavy atom. The monoisotopic (exact) mass is 326 g/mol. The molecule has 0 aromatic heterocycles. The standard InChI is InChI=1S/C22H30O2/c1-13-6-7-14-12-16-21(4)11-9-17(23)20(2,3)15(21)8-10-22(16,5)18(14)19(13)24/h6-7,15-16,24H,8-12H2,1-5H3/t15-,16+,21-,22-/m0/s1. The molecule has 2 nitrogen and oxygen atoms in total. The van der Waals surface area contributed by atoms with Crippen molar-refractivity contribution in [3.8, 4) is 5.75 Å². The fraction of sp³-hybridized carbons (Fsp3) is 0.682. The van der Waals surface area contributed by atoms with Gasteiger partial charge in [-0.15, -0.1) is 0 Å². The Balaban J connectivity index is 1.85. The minimum atomic E-state index is -0.207. The largest absolute Gasteiger partial charge is 0.507 e. The lowest BCUT2D eigenvalue weighted by atomic mass is 9.43. The van der Waals surface area contributed by atoms with Gasteiger partial charge < -0.3 is 5.11 Å². The molecule has 1 N–H and O–H groups in total. The van der Waals surface area contributed by atoms with Gasteiger partial charge in [-0.25, -0.2) is 0 Å². The minimum absolute atomic E-state index is 0.0488. The molecule has 0 spiro atoms. The van der Waals surface area contributed by atoms with E-state index in [1.165, 1.54) is 11.1 Å². The lowest BCUT2D eigenvalue weighted by Crippen LogP contribution is -2.57. The van der Waals surface area contributed by atoms with Gasteiger partial charge in [0, 0.05) is 22.8 Å². The number of aryl methyl sites for hydroxylation is 1. The first kappa shape index (κ1) is 16.2. The first-order chi connectivity index (χ1) is 11.1. The van der Waals surface area contributed by atoms with Crippen LogP contribution < -0.4 is 0 Å². The number of rotatable bonds is 0. The highest BCUT2D eigenvalue weighted by Gasteiger charge is 2.63. The van der Waals surface area contributed by atoms with E-state index in [4.69, 9.17) is 0 Å². The van der Waals surface area contributed by atoms with E-state index < -0.39 is 0 Å². The molecule has 2 saturated carbocycles. The third-order valence-corrected chi connectivity index (χ3v) is 8.26. The molecule has 3 aliphatic carbocycles. The highest BCUT2D eigenvalue weighted by Crippen LogP contribution is 2.67. The van der Waals surface area contributed by atoms with Crippen LogP contribution in [0.4, 0.5) is 0 Å². The van der Waals surface area contributed by atoms with E-state index in [1.54, 1.807) is 0 Å². The summed E-state index contributed by atoms with van der Waals surface area (Å²) in [6, 6.07) is 4.29. The topological polar surface area (TPSA) is 37.3 Å². The maximum atomic E-state index is 12.6. The Morgan fingerprint density at radius 2 is 1.79 bits per heavy atom. The number of fused-ring (bicyclic) bond motifs is 5. The summed E-state index contributed by atoms with van der Waals surface area (Å²) in [4.78, 5) is 12.6. The van der Waals surface area contributed by atoms with Crippen molar-refractivity contribution < 1.29 is 9.90 Å². The quantitative estimate of drug-likeness (QED) is 0.733. The average molecular weight is 326 g/mol. The van der Waals surface area contributed by atoms with E-state index in [9.17, 15) is 9.90 Å². The summed E-state index contributed by atoms with van der Waals surface area (Å²) in [5.74, 6) is 1.95. The van der Waals surface area contributed by atoms with Crippen LogP contribution in [0, 0.1) is 29.6 Å². The molecule has 0 unspecified atom stereocenters. The van der Waals surface area contributed by atoms with E-state index >= 15 is 0 Å². The molecule has 0 heterocycles.